The summed E-state index contributed by atoms with van der Waals surface area (Å²) in [6.07, 6.45) is 6.20. The molecule has 4 heteroatoms. The van der Waals surface area contributed by atoms with Crippen LogP contribution in [0.3, 0.4) is 0 Å². The highest BCUT2D eigenvalue weighted by molar-refractivity contribution is 5.65. The number of aromatic nitrogens is 1. The number of nitrogens with zero attached hydrogens (tertiary/aromatic N) is 3. The van der Waals surface area contributed by atoms with E-state index in [0.29, 0.717) is 0 Å². The number of nitrogen functional groups attached to an aromatic ring is 1. The van der Waals surface area contributed by atoms with Crippen molar-refractivity contribution in [1.82, 2.24) is 9.88 Å². The van der Waals surface area contributed by atoms with Crippen LogP contribution in [-0.4, -0.2) is 43.1 Å². The Hall–Kier alpha value is -1.29. The zero-order chi connectivity index (χ0) is 11.4. The number of likely N-dealkylation sites (N-methyl/N-ethyl adjacent to an activating group) is 1. The Labute approximate surface area is 97.1 Å². The minimum atomic E-state index is 0.756. The lowest BCUT2D eigenvalue weighted by molar-refractivity contribution is 0.347. The fourth-order valence-electron chi connectivity index (χ4n) is 2.17. The number of hydrogen-bond donors (Lipinski definition) is 1. The maximum Gasteiger partial charge on any atom is 0.0738 e. The number of hydrogen-bond acceptors (Lipinski definition) is 4. The average molecular weight is 220 g/mol. The smallest absolute Gasteiger partial charge is 0.0738 e. The van der Waals surface area contributed by atoms with Crippen molar-refractivity contribution in [1.29, 1.82) is 0 Å². The highest BCUT2D eigenvalue weighted by Crippen LogP contribution is 2.19. The Bertz CT molecular complexity index is 334. The first kappa shape index (κ1) is 11.2. The van der Waals surface area contributed by atoms with Crippen LogP contribution >= 0.6 is 0 Å². The molecule has 0 unspecified atom stereocenters. The van der Waals surface area contributed by atoms with Crippen LogP contribution in [0.4, 0.5) is 11.4 Å². The van der Waals surface area contributed by atoms with Crippen LogP contribution in [0, 0.1) is 0 Å². The van der Waals surface area contributed by atoms with Crippen molar-refractivity contribution in [2.75, 3.05) is 43.9 Å². The summed E-state index contributed by atoms with van der Waals surface area (Å²) in [7, 11) is 2.09. The second-order valence-corrected chi connectivity index (χ2v) is 4.40. The zero-order valence-corrected chi connectivity index (χ0v) is 9.89. The van der Waals surface area contributed by atoms with Gasteiger partial charge >= 0.3 is 0 Å². The number of pyridine rings is 1. The number of likely N-dealkylation sites (tertiary alicyclic amines) is 1. The molecule has 1 aromatic rings. The largest absolute Gasteiger partial charge is 0.396 e. The summed E-state index contributed by atoms with van der Waals surface area (Å²) in [5, 5.41) is 0. The van der Waals surface area contributed by atoms with E-state index < -0.39 is 0 Å². The van der Waals surface area contributed by atoms with E-state index in [1.165, 1.54) is 25.9 Å². The van der Waals surface area contributed by atoms with Gasteiger partial charge in [-0.3, -0.25) is 4.98 Å². The van der Waals surface area contributed by atoms with Gasteiger partial charge in [-0.05, 0) is 32.0 Å². The summed E-state index contributed by atoms with van der Waals surface area (Å²) in [6, 6.07) is 1.97. The Balaban J connectivity index is 1.87. The molecule has 1 aliphatic rings. The molecule has 1 aromatic heterocycles. The van der Waals surface area contributed by atoms with Gasteiger partial charge in [0, 0.05) is 26.3 Å². The average Bonchev–Trinajstić information content (AvgIpc) is 2.79. The quantitative estimate of drug-likeness (QED) is 0.828. The summed E-state index contributed by atoms with van der Waals surface area (Å²) >= 11 is 0. The van der Waals surface area contributed by atoms with Crippen LogP contribution in [0.25, 0.3) is 0 Å². The first-order valence-corrected chi connectivity index (χ1v) is 5.90. The van der Waals surface area contributed by atoms with Gasteiger partial charge in [0.1, 0.15) is 0 Å². The van der Waals surface area contributed by atoms with E-state index in [9.17, 15) is 0 Å². The maximum absolute atomic E-state index is 5.89. The lowest BCUT2D eigenvalue weighted by atomic mass is 10.3. The molecule has 1 aliphatic heterocycles. The number of rotatable bonds is 4. The molecular weight excluding hydrogens is 200 g/mol. The van der Waals surface area contributed by atoms with Crippen molar-refractivity contribution in [3.63, 3.8) is 0 Å². The molecule has 0 saturated carbocycles. The molecule has 0 atom stereocenters. The fourth-order valence-corrected chi connectivity index (χ4v) is 2.17. The molecule has 16 heavy (non-hydrogen) atoms. The molecule has 0 spiro atoms. The number of anilines is 2. The van der Waals surface area contributed by atoms with E-state index in [0.717, 1.165) is 24.5 Å². The van der Waals surface area contributed by atoms with Gasteiger partial charge in [-0.1, -0.05) is 0 Å². The third-order valence-corrected chi connectivity index (χ3v) is 3.19. The van der Waals surface area contributed by atoms with Crippen LogP contribution in [0.5, 0.6) is 0 Å². The fraction of sp³-hybridized carbons (Fsp3) is 0.583. The van der Waals surface area contributed by atoms with Crippen molar-refractivity contribution >= 4 is 11.4 Å². The highest BCUT2D eigenvalue weighted by Gasteiger charge is 2.12. The van der Waals surface area contributed by atoms with Gasteiger partial charge in [-0.25, -0.2) is 0 Å². The van der Waals surface area contributed by atoms with E-state index in [1.54, 1.807) is 12.4 Å². The molecule has 0 aromatic carbocycles. The lowest BCUT2D eigenvalue weighted by Crippen LogP contribution is -2.31. The molecule has 0 bridgehead atoms. The van der Waals surface area contributed by atoms with E-state index >= 15 is 0 Å². The predicted molar refractivity (Wildman–Crippen MR) is 67.6 cm³/mol. The third kappa shape index (κ3) is 2.64. The van der Waals surface area contributed by atoms with E-state index in [2.05, 4.69) is 21.8 Å². The van der Waals surface area contributed by atoms with Crippen molar-refractivity contribution < 1.29 is 0 Å². The van der Waals surface area contributed by atoms with Gasteiger partial charge < -0.3 is 15.5 Å². The zero-order valence-electron chi connectivity index (χ0n) is 9.89. The highest BCUT2D eigenvalue weighted by atomic mass is 15.2. The van der Waals surface area contributed by atoms with Gasteiger partial charge in [-0.15, -0.1) is 0 Å². The van der Waals surface area contributed by atoms with E-state index in [1.807, 2.05) is 6.07 Å². The molecule has 0 amide bonds. The standard InChI is InChI=1S/C12H20N4/c1-15(8-9-16-6-2-3-7-16)12-4-5-14-10-11(12)13/h4-5,10H,2-3,6-9,13H2,1H3. The van der Waals surface area contributed by atoms with Gasteiger partial charge in [-0.2, -0.15) is 0 Å². The maximum atomic E-state index is 5.89. The molecule has 4 nitrogen and oxygen atoms in total. The van der Waals surface area contributed by atoms with Gasteiger partial charge in [0.05, 0.1) is 17.6 Å². The van der Waals surface area contributed by atoms with Crippen molar-refractivity contribution in [2.45, 2.75) is 12.8 Å². The second-order valence-electron chi connectivity index (χ2n) is 4.40. The Morgan fingerprint density at radius 2 is 2.19 bits per heavy atom. The Morgan fingerprint density at radius 1 is 1.44 bits per heavy atom. The molecule has 88 valence electrons. The molecule has 0 radical (unpaired) electrons. The van der Waals surface area contributed by atoms with Crippen LogP contribution < -0.4 is 10.6 Å². The minimum Gasteiger partial charge on any atom is -0.396 e. The SMILES string of the molecule is CN(CCN1CCCC1)c1ccncc1N. The first-order valence-electron chi connectivity index (χ1n) is 5.90. The Morgan fingerprint density at radius 3 is 2.88 bits per heavy atom. The Kier molecular flexibility index (Phi) is 3.62. The van der Waals surface area contributed by atoms with E-state index in [-0.39, 0.29) is 0 Å². The summed E-state index contributed by atoms with van der Waals surface area (Å²) in [4.78, 5) is 8.71. The number of nitrogens with two attached hydrogens (primary N) is 1. The molecule has 1 saturated heterocycles. The van der Waals surface area contributed by atoms with Crippen LogP contribution in [0.15, 0.2) is 18.5 Å². The lowest BCUT2D eigenvalue weighted by Gasteiger charge is -2.23. The minimum absolute atomic E-state index is 0.756. The first-order chi connectivity index (χ1) is 7.77. The summed E-state index contributed by atoms with van der Waals surface area (Å²) in [6.45, 7) is 4.64. The van der Waals surface area contributed by atoms with Crippen LogP contribution in [-0.2, 0) is 0 Å². The van der Waals surface area contributed by atoms with Crippen LogP contribution in [0.1, 0.15) is 12.8 Å². The molecule has 0 aliphatic carbocycles. The van der Waals surface area contributed by atoms with Crippen LogP contribution in [0.2, 0.25) is 0 Å². The molecule has 2 N–H and O–H groups in total. The summed E-state index contributed by atoms with van der Waals surface area (Å²) in [5.41, 5.74) is 7.72. The van der Waals surface area contributed by atoms with Gasteiger partial charge in [0.15, 0.2) is 0 Å². The third-order valence-electron chi connectivity index (χ3n) is 3.19. The van der Waals surface area contributed by atoms with Gasteiger partial charge in [0.2, 0.25) is 0 Å². The summed E-state index contributed by atoms with van der Waals surface area (Å²) < 4.78 is 0. The van der Waals surface area contributed by atoms with Crippen molar-refractivity contribution in [3.05, 3.63) is 18.5 Å². The molecule has 2 heterocycles. The van der Waals surface area contributed by atoms with Crippen molar-refractivity contribution in [3.8, 4) is 0 Å². The normalized spacial score (nSPS) is 16.6. The van der Waals surface area contributed by atoms with E-state index in [4.69, 9.17) is 5.73 Å². The van der Waals surface area contributed by atoms with Gasteiger partial charge in [0.25, 0.3) is 0 Å². The monoisotopic (exact) mass is 220 g/mol. The molecular formula is C12H20N4. The molecule has 1 fully saturated rings. The van der Waals surface area contributed by atoms with Crippen molar-refractivity contribution in [2.24, 2.45) is 0 Å². The molecule has 2 rings (SSSR count). The predicted octanol–water partition coefficient (Wildman–Crippen LogP) is 1.20. The summed E-state index contributed by atoms with van der Waals surface area (Å²) in [5.74, 6) is 0. The second kappa shape index (κ2) is 5.16. The topological polar surface area (TPSA) is 45.4 Å².